The van der Waals surface area contributed by atoms with Crippen molar-refractivity contribution in [3.8, 4) is 0 Å². The standard InChI is InChI=1S/C9H14N3O7P/c10-5-1-2-12(9(15)11-5)8-6(14)7(19-20(16)17)4(3-13)18-8/h1-2,4,6-8,13-14,20H,3H2,(H,16,17)(H2,10,11,15)/t4-,6-,7-,8-/m1/s1. The van der Waals surface area contributed by atoms with Crippen molar-refractivity contribution in [1.82, 2.24) is 9.55 Å². The Hall–Kier alpha value is -1.29. The van der Waals surface area contributed by atoms with Crippen LogP contribution in [0.4, 0.5) is 5.82 Å². The lowest BCUT2D eigenvalue weighted by atomic mass is 10.1. The number of hydrogen-bond donors (Lipinski definition) is 4. The molecule has 1 aliphatic rings. The lowest BCUT2D eigenvalue weighted by Gasteiger charge is -2.18. The van der Waals surface area contributed by atoms with Crippen molar-refractivity contribution >= 4 is 14.1 Å². The van der Waals surface area contributed by atoms with Crippen LogP contribution in [0.15, 0.2) is 17.1 Å². The maximum absolute atomic E-state index is 11.7. The van der Waals surface area contributed by atoms with E-state index in [0.29, 0.717) is 0 Å². The lowest BCUT2D eigenvalue weighted by Crippen LogP contribution is -2.36. The number of anilines is 1. The number of aromatic nitrogens is 2. The fourth-order valence-corrected chi connectivity index (χ4v) is 2.50. The normalized spacial score (nSPS) is 31.4. The van der Waals surface area contributed by atoms with Gasteiger partial charge in [-0.05, 0) is 6.07 Å². The summed E-state index contributed by atoms with van der Waals surface area (Å²) in [5.41, 5.74) is 4.58. The molecule has 1 aromatic heterocycles. The molecule has 1 aliphatic heterocycles. The van der Waals surface area contributed by atoms with Gasteiger partial charge in [0.2, 0.25) is 0 Å². The maximum atomic E-state index is 11.7. The summed E-state index contributed by atoms with van der Waals surface area (Å²) in [6, 6.07) is 1.33. The van der Waals surface area contributed by atoms with E-state index in [0.717, 1.165) is 4.57 Å². The molecule has 5 atom stereocenters. The van der Waals surface area contributed by atoms with Crippen molar-refractivity contribution in [3.63, 3.8) is 0 Å². The Morgan fingerprint density at radius 1 is 1.60 bits per heavy atom. The van der Waals surface area contributed by atoms with Gasteiger partial charge in [-0.3, -0.25) is 9.13 Å². The van der Waals surface area contributed by atoms with E-state index in [2.05, 4.69) is 9.51 Å². The van der Waals surface area contributed by atoms with E-state index >= 15 is 0 Å². The Kier molecular flexibility index (Phi) is 4.53. The van der Waals surface area contributed by atoms with Crippen molar-refractivity contribution in [2.45, 2.75) is 24.5 Å². The molecule has 2 heterocycles. The average molecular weight is 307 g/mol. The van der Waals surface area contributed by atoms with Crippen LogP contribution in [-0.4, -0.2) is 49.6 Å². The van der Waals surface area contributed by atoms with E-state index in [-0.39, 0.29) is 5.82 Å². The van der Waals surface area contributed by atoms with Crippen LogP contribution in [0, 0.1) is 0 Å². The maximum Gasteiger partial charge on any atom is 0.351 e. The third kappa shape index (κ3) is 2.90. The second kappa shape index (κ2) is 6.00. The Morgan fingerprint density at radius 2 is 2.30 bits per heavy atom. The third-order valence-electron chi connectivity index (χ3n) is 2.85. The monoisotopic (exact) mass is 307 g/mol. The minimum absolute atomic E-state index is 0.00524. The van der Waals surface area contributed by atoms with E-state index in [9.17, 15) is 14.5 Å². The first kappa shape index (κ1) is 15.1. The SMILES string of the molecule is Nc1ccn([C@@H]2O[C@H](CO)[C@@H](O[PH](=O)O)[C@H]2O)c(=O)n1. The number of aliphatic hydroxyl groups is 2. The van der Waals surface area contributed by atoms with Gasteiger partial charge in [0.1, 0.15) is 24.1 Å². The molecule has 1 fully saturated rings. The second-order valence-electron chi connectivity index (χ2n) is 4.13. The number of nitrogens with zero attached hydrogens (tertiary/aromatic N) is 2. The fraction of sp³-hybridized carbons (Fsp3) is 0.556. The molecule has 0 aromatic carbocycles. The summed E-state index contributed by atoms with van der Waals surface area (Å²) in [6.07, 6.45) is -3.63. The molecule has 0 spiro atoms. The molecule has 5 N–H and O–H groups in total. The lowest BCUT2D eigenvalue weighted by molar-refractivity contribution is -0.0544. The van der Waals surface area contributed by atoms with Gasteiger partial charge in [0.05, 0.1) is 6.61 Å². The molecule has 20 heavy (non-hydrogen) atoms. The summed E-state index contributed by atoms with van der Waals surface area (Å²) in [5, 5.41) is 19.2. The molecule has 1 unspecified atom stereocenters. The summed E-state index contributed by atoms with van der Waals surface area (Å²) in [6.45, 7) is -0.551. The van der Waals surface area contributed by atoms with E-state index in [1.54, 1.807) is 0 Å². The Morgan fingerprint density at radius 3 is 2.85 bits per heavy atom. The molecule has 1 saturated heterocycles. The first-order chi connectivity index (χ1) is 9.43. The number of ether oxygens (including phenoxy) is 1. The smallest absolute Gasteiger partial charge is 0.351 e. The van der Waals surface area contributed by atoms with Gasteiger partial charge in [0.15, 0.2) is 6.23 Å². The topological polar surface area (TPSA) is 157 Å². The predicted octanol–water partition coefficient (Wildman–Crippen LogP) is -2.16. The average Bonchev–Trinajstić information content (AvgIpc) is 2.67. The van der Waals surface area contributed by atoms with Crippen LogP contribution in [0.5, 0.6) is 0 Å². The number of aliphatic hydroxyl groups excluding tert-OH is 2. The highest BCUT2D eigenvalue weighted by Crippen LogP contribution is 2.34. The van der Waals surface area contributed by atoms with Crippen LogP contribution in [0.2, 0.25) is 0 Å². The van der Waals surface area contributed by atoms with Crippen LogP contribution in [0.1, 0.15) is 6.23 Å². The fourth-order valence-electron chi connectivity index (χ4n) is 1.98. The van der Waals surface area contributed by atoms with Crippen molar-refractivity contribution in [3.05, 3.63) is 22.7 Å². The van der Waals surface area contributed by atoms with Crippen LogP contribution in [0.3, 0.4) is 0 Å². The van der Waals surface area contributed by atoms with E-state index in [1.807, 2.05) is 0 Å². The molecule has 10 nitrogen and oxygen atoms in total. The number of nitrogens with two attached hydrogens (primary N) is 1. The van der Waals surface area contributed by atoms with Crippen molar-refractivity contribution in [1.29, 1.82) is 0 Å². The summed E-state index contributed by atoms with van der Waals surface area (Å²) < 4.78 is 21.6. The zero-order valence-electron chi connectivity index (χ0n) is 10.1. The van der Waals surface area contributed by atoms with Gasteiger partial charge in [-0.25, -0.2) is 4.79 Å². The Bertz CT molecular complexity index is 565. The number of nitrogen functional groups attached to an aromatic ring is 1. The molecule has 0 radical (unpaired) electrons. The van der Waals surface area contributed by atoms with E-state index in [1.165, 1.54) is 12.3 Å². The van der Waals surface area contributed by atoms with Crippen molar-refractivity contribution in [2.24, 2.45) is 0 Å². The molecule has 0 bridgehead atoms. The summed E-state index contributed by atoms with van der Waals surface area (Å²) >= 11 is 0. The van der Waals surface area contributed by atoms with Gasteiger partial charge in [-0.1, -0.05) is 0 Å². The Labute approximate surface area is 113 Å². The summed E-state index contributed by atoms with van der Waals surface area (Å²) in [5.74, 6) is 0.00524. The first-order valence-corrected chi connectivity index (χ1v) is 6.89. The largest absolute Gasteiger partial charge is 0.394 e. The number of rotatable bonds is 4. The van der Waals surface area contributed by atoms with Gasteiger partial charge >= 0.3 is 13.9 Å². The molecular formula is C9H14N3O7P. The molecule has 2 rings (SSSR count). The van der Waals surface area contributed by atoms with Crippen LogP contribution >= 0.6 is 8.25 Å². The van der Waals surface area contributed by atoms with Crippen LogP contribution in [0.25, 0.3) is 0 Å². The van der Waals surface area contributed by atoms with Crippen molar-refractivity contribution in [2.75, 3.05) is 12.3 Å². The van der Waals surface area contributed by atoms with Gasteiger partial charge in [-0.2, -0.15) is 4.98 Å². The molecule has 112 valence electrons. The third-order valence-corrected chi connectivity index (χ3v) is 3.33. The minimum atomic E-state index is -3.34. The quantitative estimate of drug-likeness (QED) is 0.455. The van der Waals surface area contributed by atoms with Gasteiger partial charge in [0.25, 0.3) is 0 Å². The molecule has 11 heteroatoms. The molecular weight excluding hydrogens is 293 g/mol. The van der Waals surface area contributed by atoms with Gasteiger partial charge < -0.3 is 30.1 Å². The molecule has 0 aliphatic carbocycles. The zero-order valence-corrected chi connectivity index (χ0v) is 11.1. The van der Waals surface area contributed by atoms with Crippen molar-refractivity contribution < 1.29 is 28.9 Å². The second-order valence-corrected chi connectivity index (χ2v) is 4.90. The van der Waals surface area contributed by atoms with Gasteiger partial charge in [0, 0.05) is 6.20 Å². The highest BCUT2D eigenvalue weighted by molar-refractivity contribution is 7.32. The van der Waals surface area contributed by atoms with Crippen LogP contribution in [-0.2, 0) is 13.8 Å². The highest BCUT2D eigenvalue weighted by Gasteiger charge is 2.46. The highest BCUT2D eigenvalue weighted by atomic mass is 31.1. The molecule has 0 saturated carbocycles. The minimum Gasteiger partial charge on any atom is -0.394 e. The summed E-state index contributed by atoms with van der Waals surface area (Å²) in [4.78, 5) is 23.9. The first-order valence-electron chi connectivity index (χ1n) is 5.62. The van der Waals surface area contributed by atoms with Gasteiger partial charge in [-0.15, -0.1) is 0 Å². The molecule has 0 amide bonds. The number of hydrogen-bond acceptors (Lipinski definition) is 8. The van der Waals surface area contributed by atoms with Crippen LogP contribution < -0.4 is 11.4 Å². The molecule has 1 aromatic rings. The Balaban J connectivity index is 2.29. The van der Waals surface area contributed by atoms with E-state index < -0.39 is 45.1 Å². The predicted molar refractivity (Wildman–Crippen MR) is 66.0 cm³/mol. The van der Waals surface area contributed by atoms with E-state index in [4.69, 9.17) is 20.5 Å². The zero-order chi connectivity index (χ0) is 14.9. The summed E-state index contributed by atoms with van der Waals surface area (Å²) in [7, 11) is -3.34.